The van der Waals surface area contributed by atoms with Crippen LogP contribution in [0.3, 0.4) is 0 Å². The van der Waals surface area contributed by atoms with Gasteiger partial charge in [0.25, 0.3) is 0 Å². The zero-order valence-electron chi connectivity index (χ0n) is 13.9. The van der Waals surface area contributed by atoms with E-state index in [1.807, 2.05) is 44.4 Å². The van der Waals surface area contributed by atoms with Gasteiger partial charge in [0.05, 0.1) is 12.4 Å². The van der Waals surface area contributed by atoms with Gasteiger partial charge in [-0.2, -0.15) is 0 Å². The van der Waals surface area contributed by atoms with Crippen molar-refractivity contribution in [3.8, 4) is 0 Å². The summed E-state index contributed by atoms with van der Waals surface area (Å²) in [5, 5.41) is 5.48. The fourth-order valence-electron chi connectivity index (χ4n) is 2.56. The van der Waals surface area contributed by atoms with Crippen LogP contribution in [0.4, 0.5) is 16.3 Å². The Labute approximate surface area is 140 Å². The first kappa shape index (κ1) is 15.8. The van der Waals surface area contributed by atoms with Gasteiger partial charge in [-0.3, -0.25) is 5.32 Å². The number of amides is 2. The van der Waals surface area contributed by atoms with Crippen LogP contribution in [0.1, 0.15) is 24.4 Å². The fourth-order valence-corrected chi connectivity index (χ4v) is 2.56. The molecule has 3 aromatic rings. The Hall–Kier alpha value is -3.09. The number of benzene rings is 1. The van der Waals surface area contributed by atoms with Crippen LogP contribution in [0.2, 0.25) is 0 Å². The minimum Gasteiger partial charge on any atom is -0.338 e. The zero-order valence-corrected chi connectivity index (χ0v) is 13.9. The Morgan fingerprint density at radius 2 is 1.92 bits per heavy atom. The number of nitrogens with zero attached hydrogens (tertiary/aromatic N) is 4. The molecule has 7 nitrogen and oxygen atoms in total. The van der Waals surface area contributed by atoms with Crippen molar-refractivity contribution in [2.45, 2.75) is 19.9 Å². The number of rotatable bonds is 4. The number of nitrogens with one attached hydrogen (secondary N) is 2. The number of hydrogen-bond donors (Lipinski definition) is 2. The molecule has 0 radical (unpaired) electrons. The van der Waals surface area contributed by atoms with Crippen LogP contribution in [0, 0.1) is 6.92 Å². The molecule has 7 heteroatoms. The second-order valence-electron chi connectivity index (χ2n) is 5.68. The molecule has 24 heavy (non-hydrogen) atoms. The van der Waals surface area contributed by atoms with Gasteiger partial charge in [-0.1, -0.05) is 12.1 Å². The van der Waals surface area contributed by atoms with Gasteiger partial charge in [0.1, 0.15) is 5.82 Å². The normalized spacial score (nSPS) is 12.0. The third-order valence-electron chi connectivity index (χ3n) is 3.88. The third kappa shape index (κ3) is 3.45. The van der Waals surface area contributed by atoms with E-state index in [1.165, 1.54) is 0 Å². The molecule has 2 aromatic heterocycles. The van der Waals surface area contributed by atoms with Crippen molar-refractivity contribution in [1.29, 1.82) is 0 Å². The van der Waals surface area contributed by atoms with E-state index in [0.29, 0.717) is 5.82 Å². The molecular formula is C17H20N6O. The van der Waals surface area contributed by atoms with Crippen molar-refractivity contribution in [1.82, 2.24) is 19.1 Å². The first-order valence-corrected chi connectivity index (χ1v) is 7.68. The molecule has 3 rings (SSSR count). The summed E-state index contributed by atoms with van der Waals surface area (Å²) in [6.45, 7) is 4.10. The highest BCUT2D eigenvalue weighted by molar-refractivity contribution is 5.99. The van der Waals surface area contributed by atoms with E-state index in [1.54, 1.807) is 23.3 Å². The van der Waals surface area contributed by atoms with E-state index < -0.39 is 0 Å². The molecule has 0 aliphatic heterocycles. The molecule has 0 fully saturated rings. The highest BCUT2D eigenvalue weighted by Crippen LogP contribution is 2.21. The topological polar surface area (TPSA) is 76.8 Å². The van der Waals surface area contributed by atoms with Crippen LogP contribution in [-0.4, -0.2) is 25.1 Å². The largest absolute Gasteiger partial charge is 0.338 e. The van der Waals surface area contributed by atoms with E-state index in [0.717, 1.165) is 17.1 Å². The average molecular weight is 324 g/mol. The summed E-state index contributed by atoms with van der Waals surface area (Å²) >= 11 is 0. The first-order chi connectivity index (χ1) is 11.5. The van der Waals surface area contributed by atoms with Gasteiger partial charge in [0.15, 0.2) is 5.82 Å². The van der Waals surface area contributed by atoms with Gasteiger partial charge >= 0.3 is 6.03 Å². The standard InChI is InChI=1S/C17H20N6O/c1-12(23-9-8-18-13(23)2)14-4-6-15(7-5-14)20-17(24)21-16-10-22(3)11-19-16/h4-12H,1-3H3,(H2,20,21,24)/t12-/m0/s1. The molecule has 0 aliphatic rings. The Kier molecular flexibility index (Phi) is 4.33. The summed E-state index contributed by atoms with van der Waals surface area (Å²) in [7, 11) is 1.85. The van der Waals surface area contributed by atoms with Crippen LogP contribution < -0.4 is 10.6 Å². The SMILES string of the molecule is Cc1nccn1[C@@H](C)c1ccc(NC(=O)Nc2cn(C)cn2)cc1. The van der Waals surface area contributed by atoms with Crippen molar-refractivity contribution in [3.05, 3.63) is 60.6 Å². The second kappa shape index (κ2) is 6.57. The highest BCUT2D eigenvalue weighted by Gasteiger charge is 2.10. The van der Waals surface area contributed by atoms with Gasteiger partial charge in [0.2, 0.25) is 0 Å². The Morgan fingerprint density at radius 3 is 2.50 bits per heavy atom. The summed E-state index contributed by atoms with van der Waals surface area (Å²) in [4.78, 5) is 20.3. The van der Waals surface area contributed by atoms with Crippen LogP contribution in [0.25, 0.3) is 0 Å². The smallest absolute Gasteiger partial charge is 0.324 e. The molecule has 0 spiro atoms. The number of carbonyl (C=O) groups excluding carboxylic acids is 1. The van der Waals surface area contributed by atoms with Gasteiger partial charge in [-0.25, -0.2) is 14.8 Å². The number of imidazole rings is 2. The fraction of sp³-hybridized carbons (Fsp3) is 0.235. The number of anilines is 2. The van der Waals surface area contributed by atoms with Crippen molar-refractivity contribution in [2.75, 3.05) is 10.6 Å². The molecule has 2 N–H and O–H groups in total. The summed E-state index contributed by atoms with van der Waals surface area (Å²) < 4.78 is 3.88. The van der Waals surface area contributed by atoms with Crippen LogP contribution in [-0.2, 0) is 7.05 Å². The van der Waals surface area contributed by atoms with Crippen LogP contribution in [0.5, 0.6) is 0 Å². The number of aryl methyl sites for hydroxylation is 2. The lowest BCUT2D eigenvalue weighted by Crippen LogP contribution is -2.19. The summed E-state index contributed by atoms with van der Waals surface area (Å²) in [6.07, 6.45) is 7.12. The van der Waals surface area contributed by atoms with Gasteiger partial charge in [-0.15, -0.1) is 0 Å². The lowest BCUT2D eigenvalue weighted by molar-refractivity contribution is 0.262. The minimum atomic E-state index is -0.319. The molecule has 0 aliphatic carbocycles. The number of hydrogen-bond acceptors (Lipinski definition) is 3. The molecule has 2 heterocycles. The Balaban J connectivity index is 1.64. The molecule has 2 amide bonds. The molecule has 0 saturated carbocycles. The second-order valence-corrected chi connectivity index (χ2v) is 5.68. The predicted octanol–water partition coefficient (Wildman–Crippen LogP) is 3.18. The Bertz CT molecular complexity index is 833. The maximum Gasteiger partial charge on any atom is 0.324 e. The quantitative estimate of drug-likeness (QED) is 0.774. The van der Waals surface area contributed by atoms with Crippen molar-refractivity contribution in [3.63, 3.8) is 0 Å². The van der Waals surface area contributed by atoms with Crippen molar-refractivity contribution < 1.29 is 4.79 Å². The molecular weight excluding hydrogens is 304 g/mol. The summed E-state index contributed by atoms with van der Waals surface area (Å²) in [5.74, 6) is 1.48. The average Bonchev–Trinajstić information content (AvgIpc) is 3.15. The van der Waals surface area contributed by atoms with E-state index in [-0.39, 0.29) is 12.1 Å². The number of urea groups is 1. The molecule has 0 bridgehead atoms. The van der Waals surface area contributed by atoms with Gasteiger partial charge in [0, 0.05) is 31.3 Å². The molecule has 0 saturated heterocycles. The molecule has 0 unspecified atom stereocenters. The van der Waals surface area contributed by atoms with E-state index in [9.17, 15) is 4.79 Å². The minimum absolute atomic E-state index is 0.184. The zero-order chi connectivity index (χ0) is 17.1. The molecule has 1 atom stereocenters. The van der Waals surface area contributed by atoms with E-state index in [4.69, 9.17) is 0 Å². The van der Waals surface area contributed by atoms with Crippen molar-refractivity contribution in [2.24, 2.45) is 7.05 Å². The van der Waals surface area contributed by atoms with Gasteiger partial charge in [-0.05, 0) is 31.5 Å². The van der Waals surface area contributed by atoms with Crippen LogP contribution in [0.15, 0.2) is 49.2 Å². The van der Waals surface area contributed by atoms with Crippen molar-refractivity contribution >= 4 is 17.5 Å². The maximum atomic E-state index is 12.0. The highest BCUT2D eigenvalue weighted by atomic mass is 16.2. The maximum absolute atomic E-state index is 12.0. The molecule has 1 aromatic carbocycles. The van der Waals surface area contributed by atoms with E-state index >= 15 is 0 Å². The number of aromatic nitrogens is 4. The lowest BCUT2D eigenvalue weighted by atomic mass is 10.1. The Morgan fingerprint density at radius 1 is 1.17 bits per heavy atom. The first-order valence-electron chi connectivity index (χ1n) is 7.68. The monoisotopic (exact) mass is 324 g/mol. The predicted molar refractivity (Wildman–Crippen MR) is 93.1 cm³/mol. The van der Waals surface area contributed by atoms with Gasteiger partial charge < -0.3 is 14.5 Å². The summed E-state index contributed by atoms with van der Waals surface area (Å²) in [6, 6.07) is 7.64. The lowest BCUT2D eigenvalue weighted by Gasteiger charge is -2.16. The molecule has 124 valence electrons. The third-order valence-corrected chi connectivity index (χ3v) is 3.88. The van der Waals surface area contributed by atoms with Crippen LogP contribution >= 0.6 is 0 Å². The number of carbonyl (C=O) groups is 1. The van der Waals surface area contributed by atoms with E-state index in [2.05, 4.69) is 32.1 Å². The summed E-state index contributed by atoms with van der Waals surface area (Å²) in [5.41, 5.74) is 1.87.